The highest BCUT2D eigenvalue weighted by atomic mass is 19.1. The van der Waals surface area contributed by atoms with E-state index in [-0.39, 0.29) is 24.7 Å². The Morgan fingerprint density at radius 3 is 2.12 bits per heavy atom. The Balaban J connectivity index is 1.26. The van der Waals surface area contributed by atoms with Crippen LogP contribution in [0.5, 0.6) is 0 Å². The molecule has 2 amide bonds. The van der Waals surface area contributed by atoms with Crippen LogP contribution >= 0.6 is 0 Å². The minimum atomic E-state index is -1.44. The zero-order valence-corrected chi connectivity index (χ0v) is 22.8. The van der Waals surface area contributed by atoms with E-state index in [0.717, 1.165) is 33.9 Å². The molecule has 4 aromatic carbocycles. The lowest BCUT2D eigenvalue weighted by Gasteiger charge is -2.22. The van der Waals surface area contributed by atoms with Crippen molar-refractivity contribution in [2.75, 3.05) is 11.9 Å². The van der Waals surface area contributed by atoms with Gasteiger partial charge in [-0.25, -0.2) is 14.0 Å². The van der Waals surface area contributed by atoms with E-state index in [4.69, 9.17) is 9.47 Å². The number of carboxylic acid groups (broad SMARTS) is 1. The van der Waals surface area contributed by atoms with E-state index in [1.54, 1.807) is 0 Å². The van der Waals surface area contributed by atoms with Crippen LogP contribution in [0.2, 0.25) is 0 Å². The van der Waals surface area contributed by atoms with Crippen LogP contribution in [0.1, 0.15) is 39.9 Å². The van der Waals surface area contributed by atoms with Gasteiger partial charge in [-0.05, 0) is 46.9 Å². The Hall–Kier alpha value is -5.02. The van der Waals surface area contributed by atoms with E-state index < -0.39 is 41.6 Å². The molecule has 5 rings (SSSR count). The summed E-state index contributed by atoms with van der Waals surface area (Å²) in [5, 5.41) is 14.5. The second-order valence-electron chi connectivity index (χ2n) is 9.90. The molecule has 2 unspecified atom stereocenters. The van der Waals surface area contributed by atoms with E-state index in [1.165, 1.54) is 19.1 Å². The maximum atomic E-state index is 14.9. The van der Waals surface area contributed by atoms with Crippen molar-refractivity contribution in [3.8, 4) is 11.1 Å². The number of fused-ring (bicyclic) bond motifs is 3. The summed E-state index contributed by atoms with van der Waals surface area (Å²) in [6.07, 6.45) is -1.87. The highest BCUT2D eigenvalue weighted by molar-refractivity contribution is 6.04. The fraction of sp³-hybridized carbons (Fsp3) is 0.182. The molecule has 1 aliphatic carbocycles. The Morgan fingerprint density at radius 2 is 1.48 bits per heavy atom. The summed E-state index contributed by atoms with van der Waals surface area (Å²) >= 11 is 0. The standard InChI is InChI=1S/C33H29FN2O6/c1-20(41-18-21-10-3-2-4-11-21)29(32(38)39)35-31(37)26-16-9-17-28(34)30(26)36-33(40)42-19-27-24-14-7-5-12-22(24)23-13-6-8-15-25(23)27/h2-17,20,27,29H,18-19H2,1H3,(H,35,37)(H,36,40)(H,38,39). The average molecular weight is 569 g/mol. The van der Waals surface area contributed by atoms with E-state index in [2.05, 4.69) is 10.6 Å². The topological polar surface area (TPSA) is 114 Å². The SMILES string of the molecule is CC(OCc1ccccc1)C(NC(=O)c1cccc(F)c1NC(=O)OCC1c2ccccc2-c2ccccc21)C(=O)O. The number of aliphatic carboxylic acids is 1. The maximum Gasteiger partial charge on any atom is 0.411 e. The van der Waals surface area contributed by atoms with Gasteiger partial charge in [0.05, 0.1) is 24.0 Å². The molecule has 0 radical (unpaired) electrons. The first kappa shape index (κ1) is 28.5. The summed E-state index contributed by atoms with van der Waals surface area (Å²) < 4.78 is 26.1. The predicted octanol–water partition coefficient (Wildman–Crippen LogP) is 5.98. The van der Waals surface area contributed by atoms with Gasteiger partial charge in [0.2, 0.25) is 0 Å². The highest BCUT2D eigenvalue weighted by Gasteiger charge is 2.31. The van der Waals surface area contributed by atoms with Crippen molar-refractivity contribution in [1.82, 2.24) is 5.32 Å². The van der Waals surface area contributed by atoms with Gasteiger partial charge in [0.25, 0.3) is 5.91 Å². The zero-order valence-electron chi connectivity index (χ0n) is 22.8. The van der Waals surface area contributed by atoms with E-state index in [0.29, 0.717) is 0 Å². The van der Waals surface area contributed by atoms with Crippen molar-refractivity contribution in [2.45, 2.75) is 31.6 Å². The van der Waals surface area contributed by atoms with Crippen molar-refractivity contribution >= 4 is 23.7 Å². The first-order valence-corrected chi connectivity index (χ1v) is 13.4. The number of amides is 2. The van der Waals surface area contributed by atoms with Gasteiger partial charge in [-0.1, -0.05) is 84.9 Å². The highest BCUT2D eigenvalue weighted by Crippen LogP contribution is 2.44. The van der Waals surface area contributed by atoms with Crippen LogP contribution in [0.25, 0.3) is 11.1 Å². The molecule has 0 aromatic heterocycles. The Labute approximate surface area is 242 Å². The Kier molecular flexibility index (Phi) is 8.59. The molecular weight excluding hydrogens is 539 g/mol. The van der Waals surface area contributed by atoms with Crippen LogP contribution in [0.15, 0.2) is 97.1 Å². The van der Waals surface area contributed by atoms with Gasteiger partial charge in [-0.3, -0.25) is 10.1 Å². The third-order valence-electron chi connectivity index (χ3n) is 7.21. The summed E-state index contributed by atoms with van der Waals surface area (Å²) in [4.78, 5) is 38.0. The average Bonchev–Trinajstić information content (AvgIpc) is 3.32. The van der Waals surface area contributed by atoms with E-state index in [9.17, 15) is 23.9 Å². The second-order valence-corrected chi connectivity index (χ2v) is 9.90. The summed E-state index contributed by atoms with van der Waals surface area (Å²) in [5.41, 5.74) is 4.30. The molecule has 0 bridgehead atoms. The first-order chi connectivity index (χ1) is 20.3. The molecule has 8 nitrogen and oxygen atoms in total. The van der Waals surface area contributed by atoms with Crippen molar-refractivity contribution in [2.24, 2.45) is 0 Å². The van der Waals surface area contributed by atoms with Gasteiger partial charge < -0.3 is 19.9 Å². The molecular formula is C33H29FN2O6. The van der Waals surface area contributed by atoms with Crippen LogP contribution in [0.4, 0.5) is 14.9 Å². The number of rotatable bonds is 10. The van der Waals surface area contributed by atoms with Gasteiger partial charge in [0, 0.05) is 5.92 Å². The zero-order chi connectivity index (χ0) is 29.6. The third-order valence-corrected chi connectivity index (χ3v) is 7.21. The summed E-state index contributed by atoms with van der Waals surface area (Å²) in [6, 6.07) is 27.1. The predicted molar refractivity (Wildman–Crippen MR) is 155 cm³/mol. The molecule has 214 valence electrons. The molecule has 0 fully saturated rings. The van der Waals surface area contributed by atoms with E-state index in [1.807, 2.05) is 78.9 Å². The molecule has 9 heteroatoms. The summed E-state index contributed by atoms with van der Waals surface area (Å²) in [5.74, 6) is -3.31. The third kappa shape index (κ3) is 6.16. The molecule has 0 heterocycles. The quantitative estimate of drug-likeness (QED) is 0.217. The number of carboxylic acids is 1. The number of ether oxygens (including phenoxy) is 2. The normalized spacial score (nSPS) is 13.4. The number of para-hydroxylation sites is 1. The van der Waals surface area contributed by atoms with Crippen molar-refractivity contribution < 1.29 is 33.4 Å². The van der Waals surface area contributed by atoms with Crippen molar-refractivity contribution in [3.05, 3.63) is 125 Å². The number of carbonyl (C=O) groups is 3. The molecule has 0 saturated heterocycles. The summed E-state index contributed by atoms with van der Waals surface area (Å²) in [6.45, 7) is 1.65. The molecule has 2 atom stereocenters. The fourth-order valence-electron chi connectivity index (χ4n) is 5.07. The maximum absolute atomic E-state index is 14.9. The molecule has 42 heavy (non-hydrogen) atoms. The Bertz CT molecular complexity index is 1560. The molecule has 3 N–H and O–H groups in total. The van der Waals surface area contributed by atoms with Gasteiger partial charge >= 0.3 is 12.1 Å². The molecule has 1 aliphatic rings. The van der Waals surface area contributed by atoms with Crippen molar-refractivity contribution in [3.63, 3.8) is 0 Å². The number of halogens is 1. The number of benzene rings is 4. The first-order valence-electron chi connectivity index (χ1n) is 13.4. The van der Waals surface area contributed by atoms with Gasteiger partial charge in [-0.15, -0.1) is 0 Å². The van der Waals surface area contributed by atoms with Gasteiger partial charge in [-0.2, -0.15) is 0 Å². The van der Waals surface area contributed by atoms with Crippen LogP contribution in [-0.2, 0) is 20.9 Å². The monoisotopic (exact) mass is 568 g/mol. The van der Waals surface area contributed by atoms with Crippen LogP contribution in [0, 0.1) is 5.82 Å². The van der Waals surface area contributed by atoms with Gasteiger partial charge in [0.15, 0.2) is 6.04 Å². The second kappa shape index (κ2) is 12.7. The molecule has 0 spiro atoms. The lowest BCUT2D eigenvalue weighted by Crippen LogP contribution is -2.48. The minimum absolute atomic E-state index is 0.00675. The number of nitrogens with one attached hydrogen (secondary N) is 2. The lowest BCUT2D eigenvalue weighted by atomic mass is 9.98. The smallest absolute Gasteiger partial charge is 0.411 e. The molecule has 0 aliphatic heterocycles. The van der Waals surface area contributed by atoms with Crippen LogP contribution in [-0.4, -0.2) is 41.8 Å². The number of carbonyl (C=O) groups excluding carboxylic acids is 2. The van der Waals surface area contributed by atoms with Gasteiger partial charge in [0.1, 0.15) is 12.4 Å². The number of anilines is 1. The molecule has 4 aromatic rings. The number of hydrogen-bond acceptors (Lipinski definition) is 5. The molecule has 0 saturated carbocycles. The van der Waals surface area contributed by atoms with Crippen LogP contribution < -0.4 is 10.6 Å². The van der Waals surface area contributed by atoms with Crippen molar-refractivity contribution in [1.29, 1.82) is 0 Å². The Morgan fingerprint density at radius 1 is 0.857 bits per heavy atom. The largest absolute Gasteiger partial charge is 0.480 e. The fourth-order valence-corrected chi connectivity index (χ4v) is 5.07. The summed E-state index contributed by atoms with van der Waals surface area (Å²) in [7, 11) is 0. The van der Waals surface area contributed by atoms with E-state index >= 15 is 0 Å². The van der Waals surface area contributed by atoms with Crippen LogP contribution in [0.3, 0.4) is 0 Å². The minimum Gasteiger partial charge on any atom is -0.480 e. The lowest BCUT2D eigenvalue weighted by molar-refractivity contribution is -0.143. The number of hydrogen-bond donors (Lipinski definition) is 3.